The topological polar surface area (TPSA) is 94.2 Å². The number of nitrogens with zero attached hydrogens (tertiary/aromatic N) is 1. The molecule has 0 fully saturated rings. The number of hydrogen-bond acceptors (Lipinski definition) is 6. The lowest BCUT2D eigenvalue weighted by molar-refractivity contribution is -0.117. The molecule has 0 radical (unpaired) electrons. The molecule has 1 aromatic rings. The van der Waals surface area contributed by atoms with Crippen molar-refractivity contribution in [1.29, 1.82) is 0 Å². The predicted octanol–water partition coefficient (Wildman–Crippen LogP) is 1.37. The summed E-state index contributed by atoms with van der Waals surface area (Å²) in [6.07, 6.45) is 0. The lowest BCUT2D eigenvalue weighted by Crippen LogP contribution is -2.41. The number of benzene rings is 1. The van der Waals surface area contributed by atoms with E-state index < -0.39 is 15.9 Å². The third-order valence-electron chi connectivity index (χ3n) is 4.15. The second-order valence-corrected chi connectivity index (χ2v) is 7.40. The molecule has 8 nitrogen and oxygen atoms in total. The Balaban J connectivity index is 2.67. The summed E-state index contributed by atoms with van der Waals surface area (Å²) in [5.41, 5.74) is 1.42. The van der Waals surface area contributed by atoms with E-state index in [-0.39, 0.29) is 24.6 Å². The zero-order valence-corrected chi connectivity index (χ0v) is 16.4. The maximum atomic E-state index is 13.0. The molecular formula is C17H24N2O6S. The number of hydrogen-bond donors (Lipinski definition) is 1. The van der Waals surface area contributed by atoms with Gasteiger partial charge in [-0.3, -0.25) is 9.10 Å². The third kappa shape index (κ3) is 3.36. The molecule has 0 bridgehead atoms. The van der Waals surface area contributed by atoms with Gasteiger partial charge in [0.15, 0.2) is 16.4 Å². The largest absolute Gasteiger partial charge is 0.493 e. The fourth-order valence-corrected chi connectivity index (χ4v) is 4.68. The first-order valence-electron chi connectivity index (χ1n) is 8.10. The highest BCUT2D eigenvalue weighted by Gasteiger charge is 2.39. The summed E-state index contributed by atoms with van der Waals surface area (Å²) in [6, 6.07) is 3.29. The minimum atomic E-state index is -3.99. The molecule has 1 aliphatic heterocycles. The second-order valence-electron chi connectivity index (χ2n) is 5.60. The van der Waals surface area contributed by atoms with Gasteiger partial charge in [0.05, 0.1) is 26.5 Å². The normalized spacial score (nSPS) is 15.5. The van der Waals surface area contributed by atoms with Gasteiger partial charge in [0.2, 0.25) is 0 Å². The van der Waals surface area contributed by atoms with E-state index in [2.05, 4.69) is 5.32 Å². The van der Waals surface area contributed by atoms with Gasteiger partial charge in [-0.2, -0.15) is 0 Å². The van der Waals surface area contributed by atoms with Crippen LogP contribution in [0.3, 0.4) is 0 Å². The van der Waals surface area contributed by atoms with Crippen LogP contribution in [0.15, 0.2) is 17.0 Å². The molecule has 1 N–H and O–H groups in total. The average molecular weight is 384 g/mol. The molecule has 0 spiro atoms. The van der Waals surface area contributed by atoms with Crippen LogP contribution in [0.4, 0.5) is 5.69 Å². The summed E-state index contributed by atoms with van der Waals surface area (Å²) in [6.45, 7) is 4.00. The average Bonchev–Trinajstić information content (AvgIpc) is 2.60. The van der Waals surface area contributed by atoms with E-state index in [4.69, 9.17) is 14.2 Å². The zero-order chi connectivity index (χ0) is 19.5. The summed E-state index contributed by atoms with van der Waals surface area (Å²) >= 11 is 0. The quantitative estimate of drug-likeness (QED) is 0.714. The van der Waals surface area contributed by atoms with E-state index in [1.54, 1.807) is 26.0 Å². The highest BCUT2D eigenvalue weighted by Crippen LogP contribution is 2.44. The van der Waals surface area contributed by atoms with Crippen LogP contribution >= 0.6 is 0 Å². The maximum Gasteiger partial charge on any atom is 0.270 e. The summed E-state index contributed by atoms with van der Waals surface area (Å²) in [4.78, 5) is 12.3. The van der Waals surface area contributed by atoms with Gasteiger partial charge in [-0.1, -0.05) is 0 Å². The van der Waals surface area contributed by atoms with Crippen molar-refractivity contribution in [3.05, 3.63) is 22.6 Å². The molecule has 0 atom stereocenters. The molecule has 0 saturated carbocycles. The van der Waals surface area contributed by atoms with Crippen molar-refractivity contribution in [3.63, 3.8) is 0 Å². The fourth-order valence-electron chi connectivity index (χ4n) is 2.91. The standard InChI is InChI=1S/C17H24N2O6S/c1-6-19-13-10-15(25-5)14(24-4)9-12(13)11(2)16(26(19,21)22)17(20)18-7-8-23-3/h9-10H,6-8H2,1-5H3,(H,18,20). The molecular weight excluding hydrogens is 360 g/mol. The van der Waals surface area contributed by atoms with E-state index in [0.717, 1.165) is 0 Å². The van der Waals surface area contributed by atoms with E-state index in [1.807, 2.05) is 0 Å². The number of allylic oxidation sites excluding steroid dienone is 1. The van der Waals surface area contributed by atoms with Gasteiger partial charge in [-0.25, -0.2) is 8.42 Å². The van der Waals surface area contributed by atoms with Crippen LogP contribution in [0, 0.1) is 0 Å². The van der Waals surface area contributed by atoms with Crippen molar-refractivity contribution >= 4 is 27.2 Å². The molecule has 26 heavy (non-hydrogen) atoms. The summed E-state index contributed by atoms with van der Waals surface area (Å²) in [5.74, 6) is 0.222. The summed E-state index contributed by atoms with van der Waals surface area (Å²) in [5, 5.41) is 2.58. The third-order valence-corrected chi connectivity index (χ3v) is 6.19. The van der Waals surface area contributed by atoms with Crippen molar-refractivity contribution in [2.75, 3.05) is 45.3 Å². The number of rotatable bonds is 7. The minimum absolute atomic E-state index is 0.174. The Kier molecular flexibility index (Phi) is 6.14. The second kappa shape index (κ2) is 7.96. The van der Waals surface area contributed by atoms with E-state index in [1.165, 1.54) is 25.6 Å². The lowest BCUT2D eigenvalue weighted by Gasteiger charge is -2.32. The number of sulfonamides is 1. The summed E-state index contributed by atoms with van der Waals surface area (Å²) < 4.78 is 42.8. The molecule has 1 aliphatic rings. The van der Waals surface area contributed by atoms with Crippen LogP contribution in [0.25, 0.3) is 5.57 Å². The van der Waals surface area contributed by atoms with Crippen molar-refractivity contribution in [3.8, 4) is 11.5 Å². The van der Waals surface area contributed by atoms with Crippen LogP contribution < -0.4 is 19.1 Å². The first kappa shape index (κ1) is 20.1. The Morgan fingerprint density at radius 3 is 2.31 bits per heavy atom. The molecule has 0 aromatic heterocycles. The van der Waals surface area contributed by atoms with Crippen molar-refractivity contribution in [1.82, 2.24) is 5.32 Å². The molecule has 0 saturated heterocycles. The molecule has 2 rings (SSSR count). The molecule has 1 heterocycles. The van der Waals surface area contributed by atoms with Gasteiger partial charge in [0.25, 0.3) is 15.9 Å². The molecule has 0 aliphatic carbocycles. The molecule has 9 heteroatoms. The smallest absolute Gasteiger partial charge is 0.270 e. The lowest BCUT2D eigenvalue weighted by atomic mass is 10.0. The summed E-state index contributed by atoms with van der Waals surface area (Å²) in [7, 11) is 0.489. The van der Waals surface area contributed by atoms with E-state index >= 15 is 0 Å². The zero-order valence-electron chi connectivity index (χ0n) is 15.6. The van der Waals surface area contributed by atoms with Crippen LogP contribution in [0.1, 0.15) is 19.4 Å². The number of methoxy groups -OCH3 is 3. The van der Waals surface area contributed by atoms with Crippen LogP contribution in [-0.4, -0.2) is 55.4 Å². The van der Waals surface area contributed by atoms with Crippen molar-refractivity contribution in [2.45, 2.75) is 13.8 Å². The van der Waals surface area contributed by atoms with Gasteiger partial charge in [-0.15, -0.1) is 0 Å². The number of nitrogens with one attached hydrogen (secondary N) is 1. The molecule has 144 valence electrons. The molecule has 0 unspecified atom stereocenters. The van der Waals surface area contributed by atoms with Crippen LogP contribution in [0.5, 0.6) is 11.5 Å². The Morgan fingerprint density at radius 2 is 1.77 bits per heavy atom. The molecule has 1 amide bonds. The Bertz CT molecular complexity index is 832. The number of ether oxygens (including phenoxy) is 3. The number of anilines is 1. The number of fused-ring (bicyclic) bond motifs is 1. The highest BCUT2D eigenvalue weighted by atomic mass is 32.2. The number of carbonyl (C=O) groups excluding carboxylic acids is 1. The minimum Gasteiger partial charge on any atom is -0.493 e. The molecule has 1 aromatic carbocycles. The van der Waals surface area contributed by atoms with Gasteiger partial charge >= 0.3 is 0 Å². The SMILES string of the molecule is CCN1c2cc(OC)c(OC)cc2C(C)=C(C(=O)NCCOC)S1(=O)=O. The first-order chi connectivity index (χ1) is 12.3. The highest BCUT2D eigenvalue weighted by molar-refractivity contribution is 7.97. The van der Waals surface area contributed by atoms with E-state index in [9.17, 15) is 13.2 Å². The number of amides is 1. The Labute approximate surface area is 153 Å². The van der Waals surface area contributed by atoms with Gasteiger partial charge in [0.1, 0.15) is 0 Å². The van der Waals surface area contributed by atoms with Gasteiger partial charge in [-0.05, 0) is 25.5 Å². The van der Waals surface area contributed by atoms with Gasteiger partial charge in [0, 0.05) is 31.8 Å². The monoisotopic (exact) mass is 384 g/mol. The number of carbonyl (C=O) groups is 1. The van der Waals surface area contributed by atoms with Gasteiger partial charge < -0.3 is 19.5 Å². The predicted molar refractivity (Wildman–Crippen MR) is 99.0 cm³/mol. The fraction of sp³-hybridized carbons (Fsp3) is 0.471. The maximum absolute atomic E-state index is 13.0. The first-order valence-corrected chi connectivity index (χ1v) is 9.54. The van der Waals surface area contributed by atoms with Crippen LogP contribution in [0.2, 0.25) is 0 Å². The van der Waals surface area contributed by atoms with E-state index in [0.29, 0.717) is 28.3 Å². The van der Waals surface area contributed by atoms with Crippen molar-refractivity contribution in [2.24, 2.45) is 0 Å². The Hall–Kier alpha value is -2.26. The Morgan fingerprint density at radius 1 is 1.15 bits per heavy atom. The van der Waals surface area contributed by atoms with Crippen molar-refractivity contribution < 1.29 is 27.4 Å². The van der Waals surface area contributed by atoms with Crippen LogP contribution in [-0.2, 0) is 19.6 Å².